The molecule has 1 aliphatic heterocycles. The molecule has 1 rings (SSSR count). The lowest BCUT2D eigenvalue weighted by Crippen LogP contribution is -2.49. The Hall–Kier alpha value is 0.0700. The van der Waals surface area contributed by atoms with Gasteiger partial charge in [0.1, 0.15) is 0 Å². The summed E-state index contributed by atoms with van der Waals surface area (Å²) in [4.78, 5) is 11.7. The molecule has 15 heavy (non-hydrogen) atoms. The van der Waals surface area contributed by atoms with E-state index in [0.717, 1.165) is 18.7 Å². The van der Waals surface area contributed by atoms with Crippen molar-refractivity contribution < 1.29 is 4.79 Å². The Labute approximate surface area is 103 Å². The lowest BCUT2D eigenvalue weighted by atomic mass is 10.0. The quantitative estimate of drug-likeness (QED) is 0.795. The van der Waals surface area contributed by atoms with Crippen molar-refractivity contribution in [3.63, 3.8) is 0 Å². The molecule has 0 bridgehead atoms. The van der Waals surface area contributed by atoms with Crippen LogP contribution in [0.4, 0.5) is 0 Å². The van der Waals surface area contributed by atoms with Crippen LogP contribution in [0.5, 0.6) is 0 Å². The molecule has 2 atom stereocenters. The summed E-state index contributed by atoms with van der Waals surface area (Å²) in [6.07, 6.45) is 5.41. The summed E-state index contributed by atoms with van der Waals surface area (Å²) in [7, 11) is 0. The minimum atomic E-state index is 0. The molecule has 0 aromatic carbocycles. The van der Waals surface area contributed by atoms with Crippen molar-refractivity contribution in [3.8, 4) is 0 Å². The fraction of sp³-hybridized carbons (Fsp3) is 0.900. The number of hydrogen-bond acceptors (Lipinski definition) is 3. The molecular weight excluding hydrogens is 232 g/mol. The zero-order chi connectivity index (χ0) is 10.4. The second-order valence-corrected chi connectivity index (χ2v) is 4.78. The first kappa shape index (κ1) is 15.1. The molecule has 1 saturated heterocycles. The predicted molar refractivity (Wildman–Crippen MR) is 68.9 cm³/mol. The van der Waals surface area contributed by atoms with Crippen LogP contribution in [0.1, 0.15) is 26.2 Å². The summed E-state index contributed by atoms with van der Waals surface area (Å²) < 4.78 is 0. The zero-order valence-corrected chi connectivity index (χ0v) is 11.0. The van der Waals surface area contributed by atoms with Gasteiger partial charge in [-0.3, -0.25) is 4.79 Å². The van der Waals surface area contributed by atoms with Crippen LogP contribution < -0.4 is 10.6 Å². The van der Waals surface area contributed by atoms with Gasteiger partial charge in [0.2, 0.25) is 5.91 Å². The van der Waals surface area contributed by atoms with Crippen molar-refractivity contribution >= 4 is 30.1 Å². The number of amides is 1. The van der Waals surface area contributed by atoms with E-state index in [4.69, 9.17) is 0 Å². The van der Waals surface area contributed by atoms with Crippen molar-refractivity contribution in [1.29, 1.82) is 0 Å². The van der Waals surface area contributed by atoms with Gasteiger partial charge in [0.15, 0.2) is 0 Å². The van der Waals surface area contributed by atoms with Gasteiger partial charge in [-0.1, -0.05) is 6.42 Å². The number of piperidine rings is 1. The van der Waals surface area contributed by atoms with Crippen LogP contribution >= 0.6 is 24.2 Å². The maximum absolute atomic E-state index is 11.7. The summed E-state index contributed by atoms with van der Waals surface area (Å²) in [5.41, 5.74) is 0. The highest BCUT2D eigenvalue weighted by Crippen LogP contribution is 2.07. The van der Waals surface area contributed by atoms with Crippen molar-refractivity contribution in [1.82, 2.24) is 10.6 Å². The summed E-state index contributed by atoms with van der Waals surface area (Å²) in [6.45, 7) is 3.03. The monoisotopic (exact) mass is 252 g/mol. The third kappa shape index (κ3) is 5.64. The van der Waals surface area contributed by atoms with Crippen molar-refractivity contribution in [2.75, 3.05) is 18.6 Å². The van der Waals surface area contributed by atoms with Crippen LogP contribution in [0.25, 0.3) is 0 Å². The molecule has 1 fully saturated rings. The van der Waals surface area contributed by atoms with Crippen molar-refractivity contribution in [3.05, 3.63) is 0 Å². The molecule has 90 valence electrons. The van der Waals surface area contributed by atoms with E-state index in [1.165, 1.54) is 12.8 Å². The average molecular weight is 253 g/mol. The maximum Gasteiger partial charge on any atom is 0.237 e. The Morgan fingerprint density at radius 3 is 2.87 bits per heavy atom. The Balaban J connectivity index is 0.00000196. The molecule has 1 aliphatic rings. The highest BCUT2D eigenvalue weighted by molar-refractivity contribution is 7.98. The van der Waals surface area contributed by atoms with Crippen molar-refractivity contribution in [2.24, 2.45) is 0 Å². The van der Waals surface area contributed by atoms with Crippen LogP contribution in [0.15, 0.2) is 0 Å². The van der Waals surface area contributed by atoms with Gasteiger partial charge < -0.3 is 10.6 Å². The Morgan fingerprint density at radius 1 is 1.60 bits per heavy atom. The molecule has 0 aromatic rings. The summed E-state index contributed by atoms with van der Waals surface area (Å²) in [5.74, 6) is 1.16. The summed E-state index contributed by atoms with van der Waals surface area (Å²) >= 11 is 1.76. The van der Waals surface area contributed by atoms with Crippen LogP contribution in [-0.2, 0) is 4.79 Å². The van der Waals surface area contributed by atoms with Gasteiger partial charge in [-0.15, -0.1) is 12.4 Å². The molecule has 3 nitrogen and oxygen atoms in total. The first-order chi connectivity index (χ1) is 6.74. The number of halogens is 1. The topological polar surface area (TPSA) is 41.1 Å². The number of carbonyl (C=O) groups excluding carboxylic acids is 1. The molecule has 0 saturated carbocycles. The molecule has 0 spiro atoms. The largest absolute Gasteiger partial charge is 0.351 e. The Morgan fingerprint density at radius 2 is 2.33 bits per heavy atom. The van der Waals surface area contributed by atoms with Crippen LogP contribution in [0, 0.1) is 0 Å². The average Bonchev–Trinajstić information content (AvgIpc) is 2.19. The second kappa shape index (κ2) is 8.25. The van der Waals surface area contributed by atoms with E-state index in [0.29, 0.717) is 0 Å². The SMILES string of the molecule is CSCC(C)NC(=O)[C@H]1CCCCN1.Cl. The third-order valence-corrected chi connectivity index (χ3v) is 3.27. The normalized spacial score (nSPS) is 22.7. The standard InChI is InChI=1S/C10H20N2OS.ClH/c1-8(7-14-2)12-10(13)9-5-3-4-6-11-9;/h8-9,11H,3-7H2,1-2H3,(H,12,13);1H/t8?,9-;/m1./s1. The smallest absolute Gasteiger partial charge is 0.237 e. The molecule has 1 amide bonds. The van der Waals surface area contributed by atoms with E-state index in [1.807, 2.05) is 0 Å². The first-order valence-corrected chi connectivity index (χ1v) is 6.66. The van der Waals surface area contributed by atoms with E-state index in [-0.39, 0.29) is 30.4 Å². The molecule has 5 heteroatoms. The van der Waals surface area contributed by atoms with E-state index in [2.05, 4.69) is 23.8 Å². The van der Waals surface area contributed by atoms with Crippen LogP contribution in [-0.4, -0.2) is 36.5 Å². The van der Waals surface area contributed by atoms with Gasteiger partial charge in [-0.05, 0) is 32.6 Å². The molecule has 1 heterocycles. The van der Waals surface area contributed by atoms with Gasteiger partial charge in [-0.2, -0.15) is 11.8 Å². The summed E-state index contributed by atoms with van der Waals surface area (Å²) in [5, 5.41) is 6.28. The number of hydrogen-bond donors (Lipinski definition) is 2. The number of nitrogens with one attached hydrogen (secondary N) is 2. The minimum absolute atomic E-state index is 0. The molecule has 0 aliphatic carbocycles. The van der Waals surface area contributed by atoms with E-state index in [9.17, 15) is 4.79 Å². The lowest BCUT2D eigenvalue weighted by molar-refractivity contribution is -0.124. The van der Waals surface area contributed by atoms with Crippen LogP contribution in [0.3, 0.4) is 0 Å². The molecule has 2 N–H and O–H groups in total. The fourth-order valence-corrected chi connectivity index (χ4v) is 2.29. The molecule has 0 radical (unpaired) electrons. The number of thioether (sulfide) groups is 1. The molecule has 1 unspecified atom stereocenters. The zero-order valence-electron chi connectivity index (χ0n) is 9.41. The highest BCUT2D eigenvalue weighted by atomic mass is 35.5. The fourth-order valence-electron chi connectivity index (χ4n) is 1.71. The van der Waals surface area contributed by atoms with E-state index >= 15 is 0 Å². The van der Waals surface area contributed by atoms with Gasteiger partial charge in [0.05, 0.1) is 6.04 Å². The number of rotatable bonds is 4. The minimum Gasteiger partial charge on any atom is -0.351 e. The third-order valence-electron chi connectivity index (χ3n) is 2.43. The Kier molecular flexibility index (Phi) is 8.29. The number of carbonyl (C=O) groups is 1. The summed E-state index contributed by atoms with van der Waals surface area (Å²) in [6, 6.07) is 0.328. The first-order valence-electron chi connectivity index (χ1n) is 5.26. The van der Waals surface area contributed by atoms with E-state index in [1.54, 1.807) is 11.8 Å². The maximum atomic E-state index is 11.7. The van der Waals surface area contributed by atoms with E-state index < -0.39 is 0 Å². The van der Waals surface area contributed by atoms with Gasteiger partial charge >= 0.3 is 0 Å². The predicted octanol–water partition coefficient (Wildman–Crippen LogP) is 1.42. The highest BCUT2D eigenvalue weighted by Gasteiger charge is 2.21. The van der Waals surface area contributed by atoms with Gasteiger partial charge in [0, 0.05) is 11.8 Å². The second-order valence-electron chi connectivity index (χ2n) is 3.87. The lowest BCUT2D eigenvalue weighted by Gasteiger charge is -2.24. The van der Waals surface area contributed by atoms with Gasteiger partial charge in [-0.25, -0.2) is 0 Å². The Bertz CT molecular complexity index is 186. The van der Waals surface area contributed by atoms with Gasteiger partial charge in [0.25, 0.3) is 0 Å². The molecular formula is C10H21ClN2OS. The molecule has 0 aromatic heterocycles. The van der Waals surface area contributed by atoms with Crippen molar-refractivity contribution in [2.45, 2.75) is 38.3 Å². The van der Waals surface area contributed by atoms with Crippen LogP contribution in [0.2, 0.25) is 0 Å².